The highest BCUT2D eigenvalue weighted by Gasteiger charge is 2.26. The van der Waals surface area contributed by atoms with Gasteiger partial charge in [-0.2, -0.15) is 0 Å². The van der Waals surface area contributed by atoms with Crippen LogP contribution >= 0.6 is 0 Å². The molecule has 0 bridgehead atoms. The summed E-state index contributed by atoms with van der Waals surface area (Å²) in [7, 11) is -3.35. The van der Waals surface area contributed by atoms with Gasteiger partial charge in [0.25, 0.3) is 5.91 Å². The lowest BCUT2D eigenvalue weighted by atomic mass is 9.89. The predicted octanol–water partition coefficient (Wildman–Crippen LogP) is 2.64. The average molecular weight is 423 g/mol. The van der Waals surface area contributed by atoms with Gasteiger partial charge in [-0.05, 0) is 62.3 Å². The van der Waals surface area contributed by atoms with Gasteiger partial charge in [0, 0.05) is 13.1 Å². The molecular weight excluding hydrogens is 392 g/mol. The van der Waals surface area contributed by atoms with E-state index in [1.165, 1.54) is 29.8 Å². The second-order valence-corrected chi connectivity index (χ2v) is 9.99. The van der Waals surface area contributed by atoms with Crippen LogP contribution in [0.3, 0.4) is 0 Å². The first-order valence-electron chi connectivity index (χ1n) is 10.3. The van der Waals surface area contributed by atoms with E-state index in [1.54, 1.807) is 25.1 Å². The Kier molecular flexibility index (Phi) is 6.82. The second-order valence-electron chi connectivity index (χ2n) is 8.08. The molecule has 1 heterocycles. The van der Waals surface area contributed by atoms with E-state index < -0.39 is 22.1 Å². The first-order valence-corrected chi connectivity index (χ1v) is 12.2. The van der Waals surface area contributed by atoms with Crippen LogP contribution < -0.4 is 9.62 Å². The van der Waals surface area contributed by atoms with E-state index in [4.69, 9.17) is 4.74 Å². The first-order chi connectivity index (χ1) is 13.8. The van der Waals surface area contributed by atoms with Crippen molar-refractivity contribution in [1.29, 1.82) is 0 Å². The smallest absolute Gasteiger partial charge is 0.338 e. The molecule has 1 atom stereocenters. The van der Waals surface area contributed by atoms with Crippen LogP contribution in [0.2, 0.25) is 0 Å². The summed E-state index contributed by atoms with van der Waals surface area (Å²) in [5.74, 6) is -0.358. The number of hydrogen-bond donors (Lipinski definition) is 1. The molecule has 1 aliphatic heterocycles. The number of carbonyl (C=O) groups excluding carboxylic acids is 2. The summed E-state index contributed by atoms with van der Waals surface area (Å²) >= 11 is 0. The molecule has 29 heavy (non-hydrogen) atoms. The van der Waals surface area contributed by atoms with Crippen molar-refractivity contribution in [1.82, 2.24) is 5.32 Å². The number of hydrogen-bond acceptors (Lipinski definition) is 5. The van der Waals surface area contributed by atoms with Gasteiger partial charge in [0.1, 0.15) is 0 Å². The number of amides is 1. The third kappa shape index (κ3) is 5.50. The zero-order valence-corrected chi connectivity index (χ0v) is 18.0. The number of nitrogens with zero attached hydrogens (tertiary/aromatic N) is 1. The number of esters is 1. The van der Waals surface area contributed by atoms with Crippen molar-refractivity contribution in [3.63, 3.8) is 0 Å². The maximum Gasteiger partial charge on any atom is 0.338 e. The lowest BCUT2D eigenvalue weighted by Gasteiger charge is -2.29. The van der Waals surface area contributed by atoms with E-state index >= 15 is 0 Å². The highest BCUT2D eigenvalue weighted by Crippen LogP contribution is 2.30. The number of nitrogens with one attached hydrogen (secondary N) is 1. The molecule has 160 valence electrons. The van der Waals surface area contributed by atoms with Gasteiger partial charge in [0.2, 0.25) is 10.0 Å². The molecule has 1 amide bonds. The van der Waals surface area contributed by atoms with Gasteiger partial charge in [0.05, 0.1) is 17.5 Å². The Hall–Kier alpha value is -2.09. The van der Waals surface area contributed by atoms with Gasteiger partial charge in [-0.25, -0.2) is 13.2 Å². The second kappa shape index (κ2) is 9.15. The number of carbonyl (C=O) groups is 2. The first kappa shape index (κ1) is 21.6. The third-order valence-corrected chi connectivity index (χ3v) is 6.91. The molecule has 0 aromatic heterocycles. The fourth-order valence-electron chi connectivity index (χ4n) is 4.10. The number of sulfonamides is 1. The Morgan fingerprint density at radius 2 is 1.93 bits per heavy atom. The molecule has 1 aromatic rings. The average Bonchev–Trinajstić information content (AvgIpc) is 2.71. The van der Waals surface area contributed by atoms with Gasteiger partial charge in [-0.3, -0.25) is 9.10 Å². The Morgan fingerprint density at radius 3 is 2.62 bits per heavy atom. The number of ether oxygens (including phenoxy) is 1. The Bertz CT molecular complexity index is 862. The molecule has 0 saturated heterocycles. The van der Waals surface area contributed by atoms with Crippen LogP contribution in [0, 0.1) is 5.92 Å². The summed E-state index contributed by atoms with van der Waals surface area (Å²) in [6.45, 7) is 2.63. The third-order valence-electron chi connectivity index (χ3n) is 5.73. The molecule has 1 aliphatic carbocycles. The molecule has 1 saturated carbocycles. The van der Waals surface area contributed by atoms with Crippen LogP contribution in [0.4, 0.5) is 5.69 Å². The molecule has 3 rings (SSSR count). The molecule has 0 spiro atoms. The number of anilines is 1. The zero-order chi connectivity index (χ0) is 21.0. The maximum atomic E-state index is 12.5. The highest BCUT2D eigenvalue weighted by molar-refractivity contribution is 7.92. The fourth-order valence-corrected chi connectivity index (χ4v) is 5.09. The Morgan fingerprint density at radius 1 is 1.21 bits per heavy atom. The van der Waals surface area contributed by atoms with E-state index in [9.17, 15) is 18.0 Å². The van der Waals surface area contributed by atoms with Gasteiger partial charge >= 0.3 is 5.97 Å². The minimum Gasteiger partial charge on any atom is -0.449 e. The lowest BCUT2D eigenvalue weighted by Crippen LogP contribution is -2.38. The molecule has 7 nitrogen and oxygen atoms in total. The maximum absolute atomic E-state index is 12.5. The van der Waals surface area contributed by atoms with Crippen molar-refractivity contribution < 1.29 is 22.7 Å². The normalized spacial score (nSPS) is 18.6. The predicted molar refractivity (Wildman–Crippen MR) is 111 cm³/mol. The summed E-state index contributed by atoms with van der Waals surface area (Å²) in [5, 5.41) is 2.89. The van der Waals surface area contributed by atoms with Crippen molar-refractivity contribution in [3.8, 4) is 0 Å². The number of aryl methyl sites for hydroxylation is 1. The topological polar surface area (TPSA) is 92.8 Å². The molecular formula is C21H30N2O5S. The molecule has 1 aromatic carbocycles. The molecule has 1 fully saturated rings. The highest BCUT2D eigenvalue weighted by atomic mass is 32.2. The quantitative estimate of drug-likeness (QED) is 0.712. The number of benzene rings is 1. The van der Waals surface area contributed by atoms with Crippen LogP contribution in [0.15, 0.2) is 18.2 Å². The van der Waals surface area contributed by atoms with Crippen LogP contribution in [0.1, 0.15) is 61.4 Å². The van der Waals surface area contributed by atoms with E-state index in [0.29, 0.717) is 43.1 Å². The SMILES string of the molecule is C[C@@H](OC(=O)c1ccc2c(c1)CCCN2S(C)(=O)=O)C(=O)NCC1CCCCC1. The van der Waals surface area contributed by atoms with Crippen molar-refractivity contribution in [2.24, 2.45) is 5.92 Å². The van der Waals surface area contributed by atoms with Crippen molar-refractivity contribution in [2.75, 3.05) is 23.7 Å². The summed E-state index contributed by atoms with van der Waals surface area (Å²) in [5.41, 5.74) is 1.73. The minimum atomic E-state index is -3.35. The summed E-state index contributed by atoms with van der Waals surface area (Å²) in [6.07, 6.45) is 7.63. The summed E-state index contributed by atoms with van der Waals surface area (Å²) in [6, 6.07) is 4.86. The monoisotopic (exact) mass is 422 g/mol. The van der Waals surface area contributed by atoms with E-state index in [0.717, 1.165) is 18.4 Å². The molecule has 2 aliphatic rings. The Balaban J connectivity index is 1.59. The van der Waals surface area contributed by atoms with Crippen LogP contribution in [0.25, 0.3) is 0 Å². The molecule has 0 radical (unpaired) electrons. The van der Waals surface area contributed by atoms with Gasteiger partial charge < -0.3 is 10.1 Å². The van der Waals surface area contributed by atoms with Gasteiger partial charge in [-0.1, -0.05) is 19.3 Å². The van der Waals surface area contributed by atoms with Crippen LogP contribution in [-0.2, 0) is 26.0 Å². The van der Waals surface area contributed by atoms with Crippen molar-refractivity contribution >= 4 is 27.6 Å². The van der Waals surface area contributed by atoms with Crippen LogP contribution in [0.5, 0.6) is 0 Å². The lowest BCUT2D eigenvalue weighted by molar-refractivity contribution is -0.129. The van der Waals surface area contributed by atoms with Gasteiger partial charge in [0.15, 0.2) is 6.10 Å². The summed E-state index contributed by atoms with van der Waals surface area (Å²) < 4.78 is 30.6. The van der Waals surface area contributed by atoms with Crippen LogP contribution in [-0.4, -0.2) is 45.7 Å². The van der Waals surface area contributed by atoms with Crippen molar-refractivity contribution in [3.05, 3.63) is 29.3 Å². The van der Waals surface area contributed by atoms with Crippen molar-refractivity contribution in [2.45, 2.75) is 58.0 Å². The van der Waals surface area contributed by atoms with E-state index in [2.05, 4.69) is 5.32 Å². The van der Waals surface area contributed by atoms with E-state index in [-0.39, 0.29) is 5.91 Å². The molecule has 8 heteroatoms. The molecule has 1 N–H and O–H groups in total. The van der Waals surface area contributed by atoms with E-state index in [1.807, 2.05) is 0 Å². The summed E-state index contributed by atoms with van der Waals surface area (Å²) in [4.78, 5) is 24.8. The standard InChI is InChI=1S/C21H30N2O5S/c1-15(20(24)22-14-16-7-4-3-5-8-16)28-21(25)18-10-11-19-17(13-18)9-6-12-23(19)29(2,26)27/h10-11,13,15-16H,3-9,12,14H2,1-2H3,(H,22,24)/t15-/m1/s1. The molecule has 0 unspecified atom stereocenters. The zero-order valence-electron chi connectivity index (χ0n) is 17.1. The Labute approximate surface area is 172 Å². The largest absolute Gasteiger partial charge is 0.449 e. The number of fused-ring (bicyclic) bond motifs is 1. The number of rotatable bonds is 6. The fraction of sp³-hybridized carbons (Fsp3) is 0.619. The van der Waals surface area contributed by atoms with Gasteiger partial charge in [-0.15, -0.1) is 0 Å². The minimum absolute atomic E-state index is 0.287.